The van der Waals surface area contributed by atoms with Crippen molar-refractivity contribution in [3.8, 4) is 0 Å². The monoisotopic (exact) mass is 496 g/mol. The van der Waals surface area contributed by atoms with Gasteiger partial charge in [-0.1, -0.05) is 54.2 Å². The summed E-state index contributed by atoms with van der Waals surface area (Å²) in [6, 6.07) is 11.3. The third-order valence-corrected chi connectivity index (χ3v) is 7.22. The maximum atomic E-state index is 14.0. The summed E-state index contributed by atoms with van der Waals surface area (Å²) in [7, 11) is 0. The number of halogens is 3. The molecule has 4 nitrogen and oxygen atoms in total. The van der Waals surface area contributed by atoms with E-state index >= 15 is 0 Å². The van der Waals surface area contributed by atoms with Gasteiger partial charge in [0.05, 0.1) is 5.75 Å². The van der Waals surface area contributed by atoms with Crippen LogP contribution in [-0.2, 0) is 21.9 Å². The number of benzene rings is 2. The van der Waals surface area contributed by atoms with Crippen molar-refractivity contribution >= 4 is 46.8 Å². The van der Waals surface area contributed by atoms with Crippen LogP contribution in [0.15, 0.2) is 42.5 Å². The second-order valence-electron chi connectivity index (χ2n) is 8.01. The van der Waals surface area contributed by atoms with E-state index in [1.165, 1.54) is 17.8 Å². The first kappa shape index (κ1) is 24.9. The van der Waals surface area contributed by atoms with Crippen molar-refractivity contribution in [2.45, 2.75) is 57.0 Å². The summed E-state index contributed by atoms with van der Waals surface area (Å²) < 4.78 is 14.0. The van der Waals surface area contributed by atoms with E-state index in [0.717, 1.165) is 31.2 Å². The van der Waals surface area contributed by atoms with Gasteiger partial charge in [-0.05, 0) is 49.6 Å². The lowest BCUT2D eigenvalue weighted by Gasteiger charge is -2.29. The van der Waals surface area contributed by atoms with Gasteiger partial charge in [-0.2, -0.15) is 0 Å². The van der Waals surface area contributed by atoms with Crippen molar-refractivity contribution < 1.29 is 14.0 Å². The Hall–Kier alpha value is -1.76. The van der Waals surface area contributed by atoms with Gasteiger partial charge in [0.1, 0.15) is 11.9 Å². The zero-order valence-electron chi connectivity index (χ0n) is 18.0. The Morgan fingerprint density at radius 1 is 1.16 bits per heavy atom. The van der Waals surface area contributed by atoms with E-state index in [-0.39, 0.29) is 41.7 Å². The average molecular weight is 497 g/mol. The van der Waals surface area contributed by atoms with Gasteiger partial charge in [0.2, 0.25) is 11.8 Å². The molecule has 1 aliphatic rings. The summed E-state index contributed by atoms with van der Waals surface area (Å²) in [5, 5.41) is 4.03. The van der Waals surface area contributed by atoms with Gasteiger partial charge in [0.15, 0.2) is 0 Å². The molecule has 1 saturated carbocycles. The Morgan fingerprint density at radius 2 is 1.84 bits per heavy atom. The van der Waals surface area contributed by atoms with Crippen LogP contribution in [0, 0.1) is 5.82 Å². The van der Waals surface area contributed by atoms with E-state index in [2.05, 4.69) is 5.32 Å². The zero-order valence-corrected chi connectivity index (χ0v) is 20.3. The number of thioether (sulfide) groups is 1. The second kappa shape index (κ2) is 11.9. The number of carbonyl (C=O) groups is 2. The van der Waals surface area contributed by atoms with Crippen LogP contribution in [0.4, 0.5) is 4.39 Å². The Morgan fingerprint density at radius 3 is 2.50 bits per heavy atom. The van der Waals surface area contributed by atoms with E-state index < -0.39 is 6.04 Å². The number of hydrogen-bond donors (Lipinski definition) is 1. The fourth-order valence-corrected chi connectivity index (χ4v) is 5.13. The van der Waals surface area contributed by atoms with Gasteiger partial charge in [0, 0.05) is 33.9 Å². The fourth-order valence-electron chi connectivity index (χ4n) is 3.75. The first-order chi connectivity index (χ1) is 15.3. The molecule has 0 aromatic heterocycles. The van der Waals surface area contributed by atoms with Gasteiger partial charge in [0.25, 0.3) is 0 Å². The number of nitrogens with zero attached hydrogens (tertiary/aromatic N) is 1. The largest absolute Gasteiger partial charge is 0.352 e. The highest BCUT2D eigenvalue weighted by atomic mass is 35.5. The first-order valence-corrected chi connectivity index (χ1v) is 12.6. The smallest absolute Gasteiger partial charge is 0.242 e. The van der Waals surface area contributed by atoms with Gasteiger partial charge < -0.3 is 10.2 Å². The van der Waals surface area contributed by atoms with Gasteiger partial charge in [-0.3, -0.25) is 9.59 Å². The van der Waals surface area contributed by atoms with E-state index in [9.17, 15) is 14.0 Å². The molecule has 8 heteroatoms. The lowest BCUT2D eigenvalue weighted by Crippen LogP contribution is -2.50. The number of nitrogens with one attached hydrogen (secondary N) is 1. The van der Waals surface area contributed by atoms with Crippen molar-refractivity contribution in [3.63, 3.8) is 0 Å². The van der Waals surface area contributed by atoms with E-state index in [4.69, 9.17) is 23.2 Å². The van der Waals surface area contributed by atoms with Crippen molar-refractivity contribution in [3.05, 3.63) is 69.5 Å². The molecule has 0 radical (unpaired) electrons. The maximum absolute atomic E-state index is 14.0. The molecule has 0 unspecified atom stereocenters. The van der Waals surface area contributed by atoms with Gasteiger partial charge >= 0.3 is 0 Å². The highest BCUT2D eigenvalue weighted by Crippen LogP contribution is 2.25. The van der Waals surface area contributed by atoms with Gasteiger partial charge in [-0.15, -0.1) is 11.8 Å². The molecule has 1 atom stereocenters. The van der Waals surface area contributed by atoms with Crippen LogP contribution >= 0.6 is 35.0 Å². The minimum Gasteiger partial charge on any atom is -0.352 e. The minimum absolute atomic E-state index is 0.110. The highest BCUT2D eigenvalue weighted by Gasteiger charge is 2.28. The van der Waals surface area contributed by atoms with Crippen LogP contribution in [0.3, 0.4) is 0 Å². The van der Waals surface area contributed by atoms with Crippen LogP contribution in [0.2, 0.25) is 10.0 Å². The normalized spacial score (nSPS) is 14.9. The SMILES string of the molecule is C[C@@H](C(=O)NC1CCCC1)N(Cc1ccc(Cl)cc1)C(=O)CSCc1c(F)cccc1Cl. The maximum Gasteiger partial charge on any atom is 0.242 e. The van der Waals surface area contributed by atoms with E-state index in [0.29, 0.717) is 15.6 Å². The quantitative estimate of drug-likeness (QED) is 0.474. The molecule has 0 saturated heterocycles. The third kappa shape index (κ3) is 6.87. The Bertz CT molecular complexity index is 916. The number of carbonyl (C=O) groups excluding carboxylic acids is 2. The molecule has 2 aromatic rings. The third-order valence-electron chi connectivity index (χ3n) is 5.67. The molecule has 2 aromatic carbocycles. The summed E-state index contributed by atoms with van der Waals surface area (Å²) in [5.74, 6) is -0.346. The second-order valence-corrected chi connectivity index (χ2v) is 9.84. The predicted octanol–water partition coefficient (Wildman–Crippen LogP) is 5.84. The number of rotatable bonds is 9. The van der Waals surface area contributed by atoms with Crippen LogP contribution < -0.4 is 5.32 Å². The number of hydrogen-bond acceptors (Lipinski definition) is 3. The molecule has 3 rings (SSSR count). The molecule has 0 spiro atoms. The van der Waals surface area contributed by atoms with Crippen molar-refractivity contribution in [1.82, 2.24) is 10.2 Å². The van der Waals surface area contributed by atoms with Crippen molar-refractivity contribution in [2.24, 2.45) is 0 Å². The molecule has 1 N–H and O–H groups in total. The van der Waals surface area contributed by atoms with Crippen molar-refractivity contribution in [2.75, 3.05) is 5.75 Å². The summed E-state index contributed by atoms with van der Waals surface area (Å²) in [4.78, 5) is 27.6. The zero-order chi connectivity index (χ0) is 23.1. The Kier molecular flexibility index (Phi) is 9.26. The topological polar surface area (TPSA) is 49.4 Å². The summed E-state index contributed by atoms with van der Waals surface area (Å²) in [6.45, 7) is 2.03. The Labute approximate surface area is 202 Å². The van der Waals surface area contributed by atoms with Crippen LogP contribution in [0.1, 0.15) is 43.7 Å². The first-order valence-electron chi connectivity index (χ1n) is 10.7. The molecule has 1 fully saturated rings. The van der Waals surface area contributed by atoms with Crippen LogP contribution in [0.25, 0.3) is 0 Å². The Balaban J connectivity index is 1.67. The average Bonchev–Trinajstić information content (AvgIpc) is 3.27. The summed E-state index contributed by atoms with van der Waals surface area (Å²) >= 11 is 13.3. The predicted molar refractivity (Wildman–Crippen MR) is 129 cm³/mol. The highest BCUT2D eigenvalue weighted by molar-refractivity contribution is 7.99. The fraction of sp³-hybridized carbons (Fsp3) is 0.417. The molecule has 172 valence electrons. The molecule has 2 amide bonds. The number of amides is 2. The van der Waals surface area contributed by atoms with Crippen LogP contribution in [0.5, 0.6) is 0 Å². The standard InChI is InChI=1S/C24H27Cl2FN2O2S/c1-16(24(31)28-19-5-2-3-6-19)29(13-17-9-11-18(25)12-10-17)23(30)15-32-14-20-21(26)7-4-8-22(20)27/h4,7-12,16,19H,2-3,5-6,13-15H2,1H3,(H,28,31)/t16-/m0/s1. The van der Waals surface area contributed by atoms with E-state index in [1.807, 2.05) is 12.1 Å². The van der Waals surface area contributed by atoms with Crippen LogP contribution in [-0.4, -0.2) is 34.6 Å². The molecule has 0 aliphatic heterocycles. The molecule has 0 heterocycles. The molecule has 32 heavy (non-hydrogen) atoms. The van der Waals surface area contributed by atoms with Gasteiger partial charge in [-0.25, -0.2) is 4.39 Å². The molecule has 1 aliphatic carbocycles. The molecular formula is C24H27Cl2FN2O2S. The summed E-state index contributed by atoms with van der Waals surface area (Å²) in [6.07, 6.45) is 4.18. The lowest BCUT2D eigenvalue weighted by atomic mass is 10.1. The van der Waals surface area contributed by atoms with Crippen molar-refractivity contribution in [1.29, 1.82) is 0 Å². The molecular weight excluding hydrogens is 470 g/mol. The van der Waals surface area contributed by atoms with E-state index in [1.54, 1.807) is 36.1 Å². The lowest BCUT2D eigenvalue weighted by molar-refractivity contribution is -0.138. The molecule has 0 bridgehead atoms. The summed E-state index contributed by atoms with van der Waals surface area (Å²) in [5.41, 5.74) is 1.26. The minimum atomic E-state index is -0.628.